The molecule has 0 spiro atoms. The van der Waals surface area contributed by atoms with Gasteiger partial charge < -0.3 is 19.7 Å². The van der Waals surface area contributed by atoms with E-state index in [9.17, 15) is 4.79 Å². The predicted octanol–water partition coefficient (Wildman–Crippen LogP) is 3.16. The van der Waals surface area contributed by atoms with Gasteiger partial charge in [-0.2, -0.15) is 0 Å². The van der Waals surface area contributed by atoms with Crippen LogP contribution in [0.2, 0.25) is 0 Å². The van der Waals surface area contributed by atoms with Crippen molar-refractivity contribution in [3.8, 4) is 5.75 Å². The van der Waals surface area contributed by atoms with Crippen molar-refractivity contribution >= 4 is 11.6 Å². The molecular weight excluding hydrogens is 390 g/mol. The second kappa shape index (κ2) is 11.7. The van der Waals surface area contributed by atoms with Crippen molar-refractivity contribution in [2.45, 2.75) is 26.8 Å². The highest BCUT2D eigenvalue weighted by Crippen LogP contribution is 2.24. The largest absolute Gasteiger partial charge is 0.494 e. The smallest absolute Gasteiger partial charge is 0.245 e. The molecule has 1 heterocycles. The van der Waals surface area contributed by atoms with Crippen LogP contribution in [-0.2, 0) is 16.1 Å². The molecule has 0 bridgehead atoms. The lowest BCUT2D eigenvalue weighted by molar-refractivity contribution is -0.124. The van der Waals surface area contributed by atoms with Crippen LogP contribution in [0.15, 0.2) is 42.5 Å². The van der Waals surface area contributed by atoms with E-state index in [1.807, 2.05) is 6.07 Å². The Morgan fingerprint density at radius 1 is 1.06 bits per heavy atom. The molecule has 6 nitrogen and oxygen atoms in total. The van der Waals surface area contributed by atoms with Gasteiger partial charge >= 0.3 is 0 Å². The SMILES string of the molecule is COCC(=O)NCCCOc1cccc(CN2CCN(c3cccc(C)c3C)CC2)c1. The number of piperazine rings is 1. The Hall–Kier alpha value is -2.57. The number of anilines is 1. The minimum absolute atomic E-state index is 0.0952. The number of benzene rings is 2. The molecular formula is C25H35N3O3. The summed E-state index contributed by atoms with van der Waals surface area (Å²) in [6, 6.07) is 14.9. The van der Waals surface area contributed by atoms with Crippen molar-refractivity contribution in [3.63, 3.8) is 0 Å². The molecule has 1 amide bonds. The number of aryl methyl sites for hydroxylation is 1. The predicted molar refractivity (Wildman–Crippen MR) is 125 cm³/mol. The third-order valence-electron chi connectivity index (χ3n) is 5.78. The maximum absolute atomic E-state index is 11.4. The quantitative estimate of drug-likeness (QED) is 0.593. The highest BCUT2D eigenvalue weighted by atomic mass is 16.5. The summed E-state index contributed by atoms with van der Waals surface area (Å²) in [6.07, 6.45) is 0.764. The topological polar surface area (TPSA) is 54.0 Å². The third-order valence-corrected chi connectivity index (χ3v) is 5.78. The van der Waals surface area contributed by atoms with Gasteiger partial charge in [0.2, 0.25) is 5.91 Å². The number of hydrogen-bond acceptors (Lipinski definition) is 5. The number of nitrogens with zero attached hydrogens (tertiary/aromatic N) is 2. The van der Waals surface area contributed by atoms with Gasteiger partial charge in [-0.1, -0.05) is 24.3 Å². The first kappa shape index (κ1) is 23.1. The Balaban J connectivity index is 1.42. The molecule has 0 saturated carbocycles. The van der Waals surface area contributed by atoms with Crippen molar-refractivity contribution in [1.29, 1.82) is 0 Å². The second-order valence-electron chi connectivity index (χ2n) is 8.11. The number of methoxy groups -OCH3 is 1. The van der Waals surface area contributed by atoms with Gasteiger partial charge in [0.25, 0.3) is 0 Å². The number of amides is 1. The van der Waals surface area contributed by atoms with Crippen molar-refractivity contribution < 1.29 is 14.3 Å². The van der Waals surface area contributed by atoms with E-state index in [4.69, 9.17) is 9.47 Å². The molecule has 2 aromatic carbocycles. The molecule has 1 aliphatic rings. The molecule has 0 atom stereocenters. The average Bonchev–Trinajstić information content (AvgIpc) is 2.77. The first-order chi connectivity index (χ1) is 15.1. The maximum Gasteiger partial charge on any atom is 0.245 e. The van der Waals surface area contributed by atoms with Gasteiger partial charge in [0, 0.05) is 52.1 Å². The number of carbonyl (C=O) groups excluding carboxylic acids is 1. The van der Waals surface area contributed by atoms with E-state index < -0.39 is 0 Å². The van der Waals surface area contributed by atoms with E-state index in [2.05, 4.69) is 65.4 Å². The van der Waals surface area contributed by atoms with E-state index in [0.717, 1.165) is 44.9 Å². The average molecular weight is 426 g/mol. The highest BCUT2D eigenvalue weighted by Gasteiger charge is 2.19. The molecule has 1 aliphatic heterocycles. The molecule has 1 N–H and O–H groups in total. The zero-order chi connectivity index (χ0) is 22.1. The number of rotatable bonds is 10. The highest BCUT2D eigenvalue weighted by molar-refractivity contribution is 5.77. The van der Waals surface area contributed by atoms with Crippen LogP contribution in [0, 0.1) is 13.8 Å². The summed E-state index contributed by atoms with van der Waals surface area (Å²) >= 11 is 0. The summed E-state index contributed by atoms with van der Waals surface area (Å²) in [5.74, 6) is 0.789. The molecule has 2 aromatic rings. The van der Waals surface area contributed by atoms with Crippen LogP contribution in [0.25, 0.3) is 0 Å². The number of nitrogens with one attached hydrogen (secondary N) is 1. The first-order valence-electron chi connectivity index (χ1n) is 11.1. The number of carbonyl (C=O) groups is 1. The molecule has 1 fully saturated rings. The summed E-state index contributed by atoms with van der Waals surface area (Å²) < 4.78 is 10.7. The van der Waals surface area contributed by atoms with E-state index in [-0.39, 0.29) is 12.5 Å². The summed E-state index contributed by atoms with van der Waals surface area (Å²) in [4.78, 5) is 16.4. The van der Waals surface area contributed by atoms with E-state index in [1.54, 1.807) is 0 Å². The van der Waals surface area contributed by atoms with Gasteiger partial charge in [0.1, 0.15) is 12.4 Å². The molecule has 168 valence electrons. The molecule has 3 rings (SSSR count). The molecule has 1 saturated heterocycles. The monoisotopic (exact) mass is 425 g/mol. The Bertz CT molecular complexity index is 848. The van der Waals surface area contributed by atoms with Crippen molar-refractivity contribution in [1.82, 2.24) is 10.2 Å². The van der Waals surface area contributed by atoms with Crippen LogP contribution in [0.1, 0.15) is 23.1 Å². The summed E-state index contributed by atoms with van der Waals surface area (Å²) in [7, 11) is 1.51. The van der Waals surface area contributed by atoms with Gasteiger partial charge in [-0.25, -0.2) is 0 Å². The van der Waals surface area contributed by atoms with Crippen LogP contribution in [0.4, 0.5) is 5.69 Å². The number of ether oxygens (including phenoxy) is 2. The van der Waals surface area contributed by atoms with Gasteiger partial charge in [0.15, 0.2) is 0 Å². The lowest BCUT2D eigenvalue weighted by Gasteiger charge is -2.37. The lowest BCUT2D eigenvalue weighted by atomic mass is 10.1. The van der Waals surface area contributed by atoms with Crippen LogP contribution < -0.4 is 15.0 Å². The lowest BCUT2D eigenvalue weighted by Crippen LogP contribution is -2.46. The van der Waals surface area contributed by atoms with E-state index >= 15 is 0 Å². The van der Waals surface area contributed by atoms with Crippen LogP contribution >= 0.6 is 0 Å². The molecule has 0 unspecified atom stereocenters. The van der Waals surface area contributed by atoms with Crippen LogP contribution in [-0.4, -0.2) is 63.9 Å². The van der Waals surface area contributed by atoms with E-state index in [0.29, 0.717) is 13.2 Å². The second-order valence-corrected chi connectivity index (χ2v) is 8.11. The Morgan fingerprint density at radius 3 is 2.61 bits per heavy atom. The summed E-state index contributed by atoms with van der Waals surface area (Å²) in [6.45, 7) is 10.8. The van der Waals surface area contributed by atoms with Gasteiger partial charge in [0.05, 0.1) is 6.61 Å². The van der Waals surface area contributed by atoms with Crippen molar-refractivity contribution in [2.75, 3.05) is 57.9 Å². The van der Waals surface area contributed by atoms with Crippen LogP contribution in [0.5, 0.6) is 5.75 Å². The minimum atomic E-state index is -0.0952. The Morgan fingerprint density at radius 2 is 1.84 bits per heavy atom. The number of hydrogen-bond donors (Lipinski definition) is 1. The fourth-order valence-corrected chi connectivity index (χ4v) is 3.89. The molecule has 31 heavy (non-hydrogen) atoms. The zero-order valence-corrected chi connectivity index (χ0v) is 19.0. The Labute approximate surface area is 186 Å². The summed E-state index contributed by atoms with van der Waals surface area (Å²) in [5.41, 5.74) is 5.38. The van der Waals surface area contributed by atoms with Crippen molar-refractivity contribution in [3.05, 3.63) is 59.2 Å². The molecule has 0 radical (unpaired) electrons. The standard InChI is InChI=1S/C25H35N3O3/c1-20-7-4-10-24(21(20)2)28-14-12-27(13-15-28)18-22-8-5-9-23(17-22)31-16-6-11-26-25(29)19-30-3/h4-5,7-10,17H,6,11-16,18-19H2,1-3H3,(H,26,29). The fraction of sp³-hybridized carbons (Fsp3) is 0.480. The van der Waals surface area contributed by atoms with Crippen molar-refractivity contribution in [2.24, 2.45) is 0 Å². The van der Waals surface area contributed by atoms with E-state index in [1.165, 1.54) is 29.5 Å². The first-order valence-corrected chi connectivity index (χ1v) is 11.1. The minimum Gasteiger partial charge on any atom is -0.494 e. The maximum atomic E-state index is 11.4. The molecule has 6 heteroatoms. The van der Waals surface area contributed by atoms with Gasteiger partial charge in [-0.15, -0.1) is 0 Å². The summed E-state index contributed by atoms with van der Waals surface area (Å²) in [5, 5.41) is 2.80. The molecule has 0 aliphatic carbocycles. The Kier molecular flexibility index (Phi) is 8.74. The van der Waals surface area contributed by atoms with Crippen LogP contribution in [0.3, 0.4) is 0 Å². The fourth-order valence-electron chi connectivity index (χ4n) is 3.89. The zero-order valence-electron chi connectivity index (χ0n) is 19.0. The normalized spacial score (nSPS) is 14.5. The van der Waals surface area contributed by atoms with Gasteiger partial charge in [-0.3, -0.25) is 9.69 Å². The molecule has 0 aromatic heterocycles. The third kappa shape index (κ3) is 6.97. The van der Waals surface area contributed by atoms with Gasteiger partial charge in [-0.05, 0) is 55.2 Å².